The van der Waals surface area contributed by atoms with Crippen molar-refractivity contribution in [1.82, 2.24) is 15.5 Å². The van der Waals surface area contributed by atoms with Gasteiger partial charge in [0, 0.05) is 25.6 Å². The summed E-state index contributed by atoms with van der Waals surface area (Å²) in [6.07, 6.45) is 2.74. The predicted molar refractivity (Wildman–Crippen MR) is 67.1 cm³/mol. The van der Waals surface area contributed by atoms with E-state index in [4.69, 9.17) is 0 Å². The first-order chi connectivity index (χ1) is 7.68. The molecule has 17 heavy (non-hydrogen) atoms. The van der Waals surface area contributed by atoms with Crippen LogP contribution in [0.3, 0.4) is 0 Å². The van der Waals surface area contributed by atoms with Gasteiger partial charge in [0.1, 0.15) is 6.04 Å². The highest BCUT2D eigenvalue weighted by Gasteiger charge is 2.30. The topological polar surface area (TPSA) is 61.4 Å². The summed E-state index contributed by atoms with van der Waals surface area (Å²) >= 11 is 0. The van der Waals surface area contributed by atoms with Crippen molar-refractivity contribution < 1.29 is 9.59 Å². The van der Waals surface area contributed by atoms with Gasteiger partial charge in [-0.15, -0.1) is 12.4 Å². The molecule has 2 heterocycles. The highest BCUT2D eigenvalue weighted by atomic mass is 35.5. The fourth-order valence-electron chi connectivity index (χ4n) is 2.38. The van der Waals surface area contributed by atoms with Crippen molar-refractivity contribution in [1.29, 1.82) is 0 Å². The number of nitrogens with zero attached hydrogens (tertiary/aromatic N) is 1. The van der Waals surface area contributed by atoms with E-state index in [0.29, 0.717) is 25.6 Å². The number of halogens is 1. The second-order valence-corrected chi connectivity index (χ2v) is 4.55. The molecule has 5 nitrogen and oxygen atoms in total. The van der Waals surface area contributed by atoms with Gasteiger partial charge >= 0.3 is 0 Å². The second kappa shape index (κ2) is 6.21. The maximum absolute atomic E-state index is 12.0. The molecule has 6 heteroatoms. The Morgan fingerprint density at radius 3 is 2.88 bits per heavy atom. The van der Waals surface area contributed by atoms with Crippen LogP contribution in [0, 0.1) is 0 Å². The van der Waals surface area contributed by atoms with E-state index in [1.165, 1.54) is 0 Å². The average molecular weight is 262 g/mol. The second-order valence-electron chi connectivity index (χ2n) is 4.55. The van der Waals surface area contributed by atoms with Gasteiger partial charge < -0.3 is 15.5 Å². The molecular weight excluding hydrogens is 242 g/mol. The van der Waals surface area contributed by atoms with Crippen LogP contribution in [0.1, 0.15) is 26.2 Å². The van der Waals surface area contributed by atoms with Gasteiger partial charge in [0.05, 0.1) is 0 Å². The Morgan fingerprint density at radius 2 is 2.24 bits per heavy atom. The standard InChI is InChI=1S/C11H19N3O2.ClH/c1-8-11(16)13-5-6-14(8)10(15)7-9-3-2-4-12-9;/h8-9,12H,2-7H2,1H3,(H,13,16);1H. The Labute approximate surface area is 108 Å². The van der Waals surface area contributed by atoms with Gasteiger partial charge in [0.2, 0.25) is 11.8 Å². The Hall–Kier alpha value is -0.810. The SMILES string of the molecule is CC1C(=O)NCCN1C(=O)CC1CCCN1.Cl. The van der Waals surface area contributed by atoms with Crippen molar-refractivity contribution in [3.8, 4) is 0 Å². The number of hydrogen-bond acceptors (Lipinski definition) is 3. The molecule has 0 aromatic rings. The summed E-state index contributed by atoms with van der Waals surface area (Å²) in [6.45, 7) is 4.01. The molecule has 2 rings (SSSR count). The quantitative estimate of drug-likeness (QED) is 0.730. The molecule has 98 valence electrons. The van der Waals surface area contributed by atoms with Crippen molar-refractivity contribution in [3.63, 3.8) is 0 Å². The summed E-state index contributed by atoms with van der Waals surface area (Å²) in [5.41, 5.74) is 0. The van der Waals surface area contributed by atoms with E-state index in [1.807, 2.05) is 0 Å². The van der Waals surface area contributed by atoms with E-state index >= 15 is 0 Å². The molecule has 2 N–H and O–H groups in total. The van der Waals surface area contributed by atoms with Crippen LogP contribution in [0.15, 0.2) is 0 Å². The Morgan fingerprint density at radius 1 is 1.47 bits per heavy atom. The monoisotopic (exact) mass is 261 g/mol. The third kappa shape index (κ3) is 3.33. The zero-order chi connectivity index (χ0) is 11.5. The zero-order valence-corrected chi connectivity index (χ0v) is 10.9. The molecule has 2 amide bonds. The van der Waals surface area contributed by atoms with Crippen LogP contribution < -0.4 is 10.6 Å². The van der Waals surface area contributed by atoms with Crippen LogP contribution in [-0.2, 0) is 9.59 Å². The molecule has 0 aliphatic carbocycles. The van der Waals surface area contributed by atoms with Gasteiger partial charge in [-0.3, -0.25) is 9.59 Å². The molecule has 2 fully saturated rings. The molecule has 2 aliphatic rings. The Balaban J connectivity index is 0.00000144. The molecule has 0 saturated carbocycles. The van der Waals surface area contributed by atoms with Crippen LogP contribution >= 0.6 is 12.4 Å². The molecule has 2 saturated heterocycles. The molecule has 0 spiro atoms. The third-order valence-corrected chi connectivity index (χ3v) is 3.40. The van der Waals surface area contributed by atoms with E-state index in [0.717, 1.165) is 19.4 Å². The van der Waals surface area contributed by atoms with Crippen molar-refractivity contribution in [2.75, 3.05) is 19.6 Å². The van der Waals surface area contributed by atoms with Gasteiger partial charge in [-0.2, -0.15) is 0 Å². The Bertz CT molecular complexity index is 292. The van der Waals surface area contributed by atoms with Crippen molar-refractivity contribution in [2.45, 2.75) is 38.3 Å². The van der Waals surface area contributed by atoms with Crippen LogP contribution in [0.4, 0.5) is 0 Å². The molecule has 2 aliphatic heterocycles. The fraction of sp³-hybridized carbons (Fsp3) is 0.818. The first-order valence-electron chi connectivity index (χ1n) is 5.99. The summed E-state index contributed by atoms with van der Waals surface area (Å²) in [5, 5.41) is 6.07. The number of carbonyl (C=O) groups is 2. The highest BCUT2D eigenvalue weighted by molar-refractivity contribution is 5.88. The van der Waals surface area contributed by atoms with Gasteiger partial charge in [-0.1, -0.05) is 0 Å². The van der Waals surface area contributed by atoms with Crippen LogP contribution in [0.2, 0.25) is 0 Å². The molecule has 0 radical (unpaired) electrons. The lowest BCUT2D eigenvalue weighted by atomic mass is 10.1. The summed E-state index contributed by atoms with van der Waals surface area (Å²) in [4.78, 5) is 25.1. The van der Waals surface area contributed by atoms with E-state index in [1.54, 1.807) is 11.8 Å². The van der Waals surface area contributed by atoms with Crippen LogP contribution in [0.25, 0.3) is 0 Å². The summed E-state index contributed by atoms with van der Waals surface area (Å²) < 4.78 is 0. The van der Waals surface area contributed by atoms with E-state index in [9.17, 15) is 9.59 Å². The lowest BCUT2D eigenvalue weighted by Gasteiger charge is -2.33. The zero-order valence-electron chi connectivity index (χ0n) is 10.1. The smallest absolute Gasteiger partial charge is 0.242 e. The molecule has 2 unspecified atom stereocenters. The minimum absolute atomic E-state index is 0. The maximum Gasteiger partial charge on any atom is 0.242 e. The van der Waals surface area contributed by atoms with Gasteiger partial charge in [-0.25, -0.2) is 0 Å². The number of piperazine rings is 1. The third-order valence-electron chi connectivity index (χ3n) is 3.40. The van der Waals surface area contributed by atoms with E-state index in [2.05, 4.69) is 10.6 Å². The van der Waals surface area contributed by atoms with Crippen LogP contribution in [-0.4, -0.2) is 48.4 Å². The number of hydrogen-bond donors (Lipinski definition) is 2. The van der Waals surface area contributed by atoms with Crippen LogP contribution in [0.5, 0.6) is 0 Å². The summed E-state index contributed by atoms with van der Waals surface area (Å²) in [6, 6.07) is -0.00709. The molecule has 2 atom stereocenters. The molecule has 0 aromatic carbocycles. The number of nitrogens with one attached hydrogen (secondary N) is 2. The first kappa shape index (κ1) is 14.3. The van der Waals surface area contributed by atoms with E-state index < -0.39 is 0 Å². The lowest BCUT2D eigenvalue weighted by molar-refractivity contribution is -0.142. The Kier molecular flexibility index (Phi) is 5.21. The molecule has 0 bridgehead atoms. The predicted octanol–water partition coefficient (Wildman–Crippen LogP) is -0.103. The number of carbonyl (C=O) groups excluding carboxylic acids is 2. The van der Waals surface area contributed by atoms with Gasteiger partial charge in [-0.05, 0) is 26.3 Å². The maximum atomic E-state index is 12.0. The summed E-state index contributed by atoms with van der Waals surface area (Å²) in [7, 11) is 0. The van der Waals surface area contributed by atoms with Gasteiger partial charge in [0.25, 0.3) is 0 Å². The average Bonchev–Trinajstić information content (AvgIpc) is 2.74. The fourth-order valence-corrected chi connectivity index (χ4v) is 2.38. The normalized spacial score (nSPS) is 28.5. The molecule has 0 aromatic heterocycles. The van der Waals surface area contributed by atoms with Crippen molar-refractivity contribution >= 4 is 24.2 Å². The minimum atomic E-state index is -0.317. The number of rotatable bonds is 2. The van der Waals surface area contributed by atoms with Gasteiger partial charge in [0.15, 0.2) is 0 Å². The summed E-state index contributed by atoms with van der Waals surface area (Å²) in [5.74, 6) is 0.0562. The van der Waals surface area contributed by atoms with Crippen molar-refractivity contribution in [3.05, 3.63) is 0 Å². The number of amides is 2. The first-order valence-corrected chi connectivity index (χ1v) is 5.99. The highest BCUT2D eigenvalue weighted by Crippen LogP contribution is 2.13. The van der Waals surface area contributed by atoms with Crippen molar-refractivity contribution in [2.24, 2.45) is 0 Å². The van der Waals surface area contributed by atoms with E-state index in [-0.39, 0.29) is 30.3 Å². The minimum Gasteiger partial charge on any atom is -0.353 e. The molecular formula is C11H20ClN3O2. The lowest BCUT2D eigenvalue weighted by Crippen LogP contribution is -2.56. The largest absolute Gasteiger partial charge is 0.353 e.